The number of ether oxygens (including phenoxy) is 1. The molecular formula is C34H56N6O4. The Morgan fingerprint density at radius 3 is 2.18 bits per heavy atom. The zero-order valence-electron chi connectivity index (χ0n) is 27.8. The fourth-order valence-electron chi connectivity index (χ4n) is 4.74. The van der Waals surface area contributed by atoms with Gasteiger partial charge in [0.15, 0.2) is 0 Å². The second kappa shape index (κ2) is 19.9. The standard InChI is InChI=1S/C23H32N4O2.C7H14N2O2.C4H10/c1-4-29-23(2,3)13-14-27(25)22-18-10-6-5-9-17(18)15-26(16-28)20-12-8-7-11-19(20)21(22)24;1-5(2)9-7(11)4-3-6(8)10;1-3-4-2/h5-12,16,21-22H,4,13-15,24-25H2,1-3H3;5H,3-4H2,1-2H3,(H2,8,10)(H,9,11);3-4H2,1-2H3. The number of benzene rings is 2. The Kier molecular flexibility index (Phi) is 17.5. The monoisotopic (exact) mass is 612 g/mol. The number of carbonyl (C=O) groups excluding carboxylic acids is 3. The molecule has 0 fully saturated rings. The average Bonchev–Trinajstić information content (AvgIpc) is 2.98. The second-order valence-electron chi connectivity index (χ2n) is 11.8. The SMILES string of the molecule is CC(C)NC(=O)CCC(N)=O.CCCC.CCOC(C)(C)CCN(N)C1c2ccccc2CN(C=O)c2ccccc2C1N. The molecule has 10 heteroatoms. The molecule has 0 saturated heterocycles. The number of nitrogens with zero attached hydrogens (tertiary/aromatic N) is 2. The fourth-order valence-corrected chi connectivity index (χ4v) is 4.74. The molecule has 0 aliphatic carbocycles. The van der Waals surface area contributed by atoms with Gasteiger partial charge in [-0.05, 0) is 63.8 Å². The van der Waals surface area contributed by atoms with Crippen LogP contribution >= 0.6 is 0 Å². The Morgan fingerprint density at radius 1 is 1.05 bits per heavy atom. The minimum absolute atomic E-state index is 0.121. The third kappa shape index (κ3) is 13.1. The lowest BCUT2D eigenvalue weighted by Gasteiger charge is -2.39. The Balaban J connectivity index is 0.000000538. The number of hydrogen-bond donors (Lipinski definition) is 4. The van der Waals surface area contributed by atoms with Crippen LogP contribution in [0.25, 0.3) is 0 Å². The molecule has 0 radical (unpaired) electrons. The van der Waals surface area contributed by atoms with Gasteiger partial charge >= 0.3 is 0 Å². The van der Waals surface area contributed by atoms with E-state index in [4.69, 9.17) is 22.0 Å². The summed E-state index contributed by atoms with van der Waals surface area (Å²) in [7, 11) is 0. The molecular weight excluding hydrogens is 556 g/mol. The van der Waals surface area contributed by atoms with E-state index in [1.165, 1.54) is 12.8 Å². The zero-order chi connectivity index (χ0) is 33.3. The van der Waals surface area contributed by atoms with Crippen molar-refractivity contribution in [1.82, 2.24) is 10.3 Å². The summed E-state index contributed by atoms with van der Waals surface area (Å²) in [5.74, 6) is 6.05. The number of nitrogens with one attached hydrogen (secondary N) is 1. The van der Waals surface area contributed by atoms with Crippen LogP contribution in [0.1, 0.15) is 109 Å². The van der Waals surface area contributed by atoms with E-state index in [2.05, 4.69) is 39.1 Å². The van der Waals surface area contributed by atoms with E-state index in [0.29, 0.717) is 19.7 Å². The van der Waals surface area contributed by atoms with E-state index >= 15 is 0 Å². The average molecular weight is 613 g/mol. The number of anilines is 1. The van der Waals surface area contributed by atoms with Gasteiger partial charge in [0, 0.05) is 37.7 Å². The first kappa shape index (κ1) is 38.7. The molecule has 3 rings (SSSR count). The first-order valence-electron chi connectivity index (χ1n) is 15.7. The molecule has 2 aromatic rings. The predicted molar refractivity (Wildman–Crippen MR) is 178 cm³/mol. The number of hydrogen-bond acceptors (Lipinski definition) is 7. The van der Waals surface area contributed by atoms with Crippen LogP contribution in [0.4, 0.5) is 5.69 Å². The van der Waals surface area contributed by atoms with Gasteiger partial charge in [-0.1, -0.05) is 69.2 Å². The molecule has 3 amide bonds. The molecule has 10 nitrogen and oxygen atoms in total. The van der Waals surface area contributed by atoms with E-state index in [9.17, 15) is 14.4 Å². The number of carbonyl (C=O) groups is 3. The van der Waals surface area contributed by atoms with Gasteiger partial charge in [-0.15, -0.1) is 0 Å². The maximum absolute atomic E-state index is 11.8. The van der Waals surface area contributed by atoms with Gasteiger partial charge in [-0.2, -0.15) is 0 Å². The highest BCUT2D eigenvalue weighted by atomic mass is 16.5. The first-order chi connectivity index (χ1) is 20.8. The maximum atomic E-state index is 11.8. The molecule has 7 N–H and O–H groups in total. The van der Waals surface area contributed by atoms with Gasteiger partial charge in [0.05, 0.1) is 24.2 Å². The van der Waals surface area contributed by atoms with Crippen LogP contribution < -0.4 is 27.5 Å². The molecule has 2 atom stereocenters. The van der Waals surface area contributed by atoms with E-state index in [-0.39, 0.29) is 42.5 Å². The Hall–Kier alpha value is -3.31. The highest BCUT2D eigenvalue weighted by Gasteiger charge is 2.33. The number of nitrogens with two attached hydrogens (primary N) is 3. The third-order valence-electron chi connectivity index (χ3n) is 7.20. The van der Waals surface area contributed by atoms with Crippen molar-refractivity contribution in [3.63, 3.8) is 0 Å². The van der Waals surface area contributed by atoms with Crippen molar-refractivity contribution in [2.24, 2.45) is 17.3 Å². The Morgan fingerprint density at radius 2 is 1.64 bits per heavy atom. The zero-order valence-corrected chi connectivity index (χ0v) is 27.8. The van der Waals surface area contributed by atoms with Crippen molar-refractivity contribution in [1.29, 1.82) is 0 Å². The molecule has 0 saturated carbocycles. The van der Waals surface area contributed by atoms with Crippen LogP contribution in [-0.4, -0.2) is 48.0 Å². The summed E-state index contributed by atoms with van der Waals surface area (Å²) < 4.78 is 5.83. The van der Waals surface area contributed by atoms with E-state index in [1.807, 2.05) is 68.2 Å². The van der Waals surface area contributed by atoms with Crippen LogP contribution in [-0.2, 0) is 25.7 Å². The lowest BCUT2D eigenvalue weighted by Crippen LogP contribution is -2.45. The van der Waals surface area contributed by atoms with Crippen molar-refractivity contribution < 1.29 is 19.1 Å². The maximum Gasteiger partial charge on any atom is 0.220 e. The van der Waals surface area contributed by atoms with Crippen molar-refractivity contribution in [2.45, 2.75) is 111 Å². The smallest absolute Gasteiger partial charge is 0.220 e. The predicted octanol–water partition coefficient (Wildman–Crippen LogP) is 4.87. The molecule has 0 aromatic heterocycles. The number of rotatable bonds is 12. The number of para-hydroxylation sites is 1. The highest BCUT2D eigenvalue weighted by Crippen LogP contribution is 2.40. The van der Waals surface area contributed by atoms with Gasteiger partial charge in [0.25, 0.3) is 0 Å². The van der Waals surface area contributed by atoms with E-state index in [1.54, 1.807) is 4.90 Å². The summed E-state index contributed by atoms with van der Waals surface area (Å²) in [5.41, 5.74) is 15.2. The topological polar surface area (TPSA) is 157 Å². The molecule has 0 spiro atoms. The van der Waals surface area contributed by atoms with Crippen LogP contribution in [0.2, 0.25) is 0 Å². The Bertz CT molecular complexity index is 1150. The lowest BCUT2D eigenvalue weighted by atomic mass is 9.87. The molecule has 0 bridgehead atoms. The summed E-state index contributed by atoms with van der Waals surface area (Å²) >= 11 is 0. The van der Waals surface area contributed by atoms with Crippen LogP contribution in [0.3, 0.4) is 0 Å². The summed E-state index contributed by atoms with van der Waals surface area (Å²) in [6.45, 7) is 16.0. The molecule has 2 unspecified atom stereocenters. The van der Waals surface area contributed by atoms with Crippen LogP contribution in [0.5, 0.6) is 0 Å². The molecule has 44 heavy (non-hydrogen) atoms. The quantitative estimate of drug-likeness (QED) is 0.151. The normalized spacial score (nSPS) is 15.8. The van der Waals surface area contributed by atoms with Crippen molar-refractivity contribution >= 4 is 23.9 Å². The van der Waals surface area contributed by atoms with Crippen LogP contribution in [0.15, 0.2) is 48.5 Å². The van der Waals surface area contributed by atoms with Crippen LogP contribution in [0, 0.1) is 0 Å². The number of primary amides is 1. The third-order valence-corrected chi connectivity index (χ3v) is 7.20. The number of hydrazine groups is 1. The molecule has 1 aliphatic rings. The minimum Gasteiger partial charge on any atom is -0.376 e. The van der Waals surface area contributed by atoms with E-state index < -0.39 is 5.91 Å². The number of fused-ring (bicyclic) bond motifs is 2. The summed E-state index contributed by atoms with van der Waals surface area (Å²) in [4.78, 5) is 34.6. The van der Waals surface area contributed by atoms with Gasteiger partial charge < -0.3 is 26.4 Å². The Labute approximate surface area is 264 Å². The van der Waals surface area contributed by atoms with E-state index in [0.717, 1.165) is 35.2 Å². The molecule has 1 heterocycles. The van der Waals surface area contributed by atoms with Gasteiger partial charge in [-0.25, -0.2) is 5.01 Å². The second-order valence-corrected chi connectivity index (χ2v) is 11.8. The molecule has 246 valence electrons. The highest BCUT2D eigenvalue weighted by molar-refractivity contribution is 5.82. The summed E-state index contributed by atoms with van der Waals surface area (Å²) in [6, 6.07) is 15.4. The molecule has 2 aromatic carbocycles. The summed E-state index contributed by atoms with van der Waals surface area (Å²) in [6.07, 6.45) is 4.60. The van der Waals surface area contributed by atoms with Gasteiger partial charge in [-0.3, -0.25) is 20.2 Å². The fraction of sp³-hybridized carbons (Fsp3) is 0.559. The number of amides is 3. The largest absolute Gasteiger partial charge is 0.376 e. The minimum atomic E-state index is -0.441. The van der Waals surface area contributed by atoms with Crippen molar-refractivity contribution in [3.8, 4) is 0 Å². The van der Waals surface area contributed by atoms with Gasteiger partial charge in [0.1, 0.15) is 0 Å². The van der Waals surface area contributed by atoms with Gasteiger partial charge in [0.2, 0.25) is 18.2 Å². The lowest BCUT2D eigenvalue weighted by molar-refractivity contribution is -0.125. The molecule has 1 aliphatic heterocycles. The number of unbranched alkanes of at least 4 members (excludes halogenated alkanes) is 1. The first-order valence-corrected chi connectivity index (χ1v) is 15.7. The van der Waals surface area contributed by atoms with Crippen molar-refractivity contribution in [2.75, 3.05) is 18.1 Å². The summed E-state index contributed by atoms with van der Waals surface area (Å²) in [5, 5.41) is 4.48. The van der Waals surface area contributed by atoms with Crippen molar-refractivity contribution in [3.05, 3.63) is 65.2 Å².